The molecule has 0 saturated carbocycles. The predicted molar refractivity (Wildman–Crippen MR) is 140 cm³/mol. The standard InChI is InChI=1S/C29H28N4O2/c1-5-24(21-7-9-23(10-8-21)35-15-3-12-33-13-16-34-17-14-33)29-25-18-27(22-4-2-11-30-19-22)31-20-28(25)32-26(29)6-1/h1-2,4-11,18-20,32H,3,12-17H2. The van der Waals surface area contributed by atoms with Gasteiger partial charge in [0.15, 0.2) is 0 Å². The second kappa shape index (κ2) is 9.86. The number of fused-ring (bicyclic) bond motifs is 3. The molecule has 1 fully saturated rings. The Morgan fingerprint density at radius 1 is 0.914 bits per heavy atom. The third kappa shape index (κ3) is 4.63. The molecule has 176 valence electrons. The van der Waals surface area contributed by atoms with E-state index in [1.165, 1.54) is 10.9 Å². The molecule has 0 spiro atoms. The third-order valence-corrected chi connectivity index (χ3v) is 6.62. The van der Waals surface area contributed by atoms with Crippen molar-refractivity contribution in [3.63, 3.8) is 0 Å². The number of pyridine rings is 2. The molecular formula is C29H28N4O2. The highest BCUT2D eigenvalue weighted by Crippen LogP contribution is 2.36. The lowest BCUT2D eigenvalue weighted by atomic mass is 9.99. The summed E-state index contributed by atoms with van der Waals surface area (Å²) in [5.74, 6) is 0.907. The molecule has 0 bridgehead atoms. The summed E-state index contributed by atoms with van der Waals surface area (Å²) < 4.78 is 11.4. The number of benzene rings is 2. The molecule has 6 rings (SSSR count). The van der Waals surface area contributed by atoms with Crippen LogP contribution >= 0.6 is 0 Å². The van der Waals surface area contributed by atoms with Crippen LogP contribution in [0.2, 0.25) is 0 Å². The van der Waals surface area contributed by atoms with Gasteiger partial charge in [-0.1, -0.05) is 24.3 Å². The van der Waals surface area contributed by atoms with Gasteiger partial charge in [0.1, 0.15) is 5.75 Å². The summed E-state index contributed by atoms with van der Waals surface area (Å²) in [7, 11) is 0. The average molecular weight is 465 g/mol. The molecule has 6 nitrogen and oxygen atoms in total. The minimum atomic E-state index is 0.721. The lowest BCUT2D eigenvalue weighted by Crippen LogP contribution is -2.37. The number of hydrogen-bond donors (Lipinski definition) is 1. The average Bonchev–Trinajstić information content (AvgIpc) is 3.31. The van der Waals surface area contributed by atoms with E-state index in [0.29, 0.717) is 0 Å². The van der Waals surface area contributed by atoms with Crippen LogP contribution in [0.25, 0.3) is 44.2 Å². The molecular weight excluding hydrogens is 436 g/mol. The summed E-state index contributed by atoms with van der Waals surface area (Å²) in [5.41, 5.74) is 6.41. The van der Waals surface area contributed by atoms with Crippen molar-refractivity contribution in [3.05, 3.63) is 79.3 Å². The molecule has 0 unspecified atom stereocenters. The number of ether oxygens (including phenoxy) is 2. The maximum Gasteiger partial charge on any atom is 0.119 e. The summed E-state index contributed by atoms with van der Waals surface area (Å²) in [4.78, 5) is 14.9. The highest BCUT2D eigenvalue weighted by molar-refractivity contribution is 6.14. The highest BCUT2D eigenvalue weighted by Gasteiger charge is 2.13. The topological polar surface area (TPSA) is 63.3 Å². The Bertz CT molecular complexity index is 1420. The number of aromatic nitrogens is 3. The first-order chi connectivity index (χ1) is 17.3. The van der Waals surface area contributed by atoms with Crippen molar-refractivity contribution in [1.82, 2.24) is 19.9 Å². The van der Waals surface area contributed by atoms with Gasteiger partial charge in [-0.15, -0.1) is 0 Å². The summed E-state index contributed by atoms with van der Waals surface area (Å²) in [5, 5.41) is 2.36. The number of nitrogens with one attached hydrogen (secondary N) is 1. The van der Waals surface area contributed by atoms with Gasteiger partial charge in [0, 0.05) is 53.9 Å². The predicted octanol–water partition coefficient (Wildman–Crippen LogP) is 5.55. The second-order valence-corrected chi connectivity index (χ2v) is 8.89. The molecule has 0 amide bonds. The molecule has 35 heavy (non-hydrogen) atoms. The lowest BCUT2D eigenvalue weighted by Gasteiger charge is -2.26. The van der Waals surface area contributed by atoms with E-state index < -0.39 is 0 Å². The van der Waals surface area contributed by atoms with Gasteiger partial charge in [-0.2, -0.15) is 0 Å². The zero-order valence-corrected chi connectivity index (χ0v) is 19.6. The van der Waals surface area contributed by atoms with Crippen molar-refractivity contribution in [3.8, 4) is 28.1 Å². The van der Waals surface area contributed by atoms with E-state index in [0.717, 1.165) is 84.9 Å². The number of rotatable bonds is 7. The second-order valence-electron chi connectivity index (χ2n) is 8.89. The van der Waals surface area contributed by atoms with E-state index in [4.69, 9.17) is 9.47 Å². The Labute approximate surface area is 204 Å². The number of morpholine rings is 1. The SMILES string of the molecule is c1cncc(-c2cc3c(cn2)[nH]c2cccc(-c4ccc(OCCCN5CCOCC5)cc4)c23)c1. The fourth-order valence-electron chi connectivity index (χ4n) is 4.80. The molecule has 6 heteroatoms. The number of nitrogens with zero attached hydrogens (tertiary/aromatic N) is 3. The van der Waals surface area contributed by atoms with Crippen molar-refractivity contribution in [2.24, 2.45) is 0 Å². The minimum absolute atomic E-state index is 0.721. The Kier molecular flexibility index (Phi) is 6.13. The molecule has 0 radical (unpaired) electrons. The summed E-state index contributed by atoms with van der Waals surface area (Å²) >= 11 is 0. The smallest absolute Gasteiger partial charge is 0.119 e. The van der Waals surface area contributed by atoms with E-state index in [1.54, 1.807) is 6.20 Å². The Morgan fingerprint density at radius 3 is 2.63 bits per heavy atom. The minimum Gasteiger partial charge on any atom is -0.494 e. The molecule has 2 aromatic carbocycles. The quantitative estimate of drug-likeness (QED) is 0.320. The first-order valence-corrected chi connectivity index (χ1v) is 12.2. The number of hydrogen-bond acceptors (Lipinski definition) is 5. The van der Waals surface area contributed by atoms with Gasteiger partial charge in [-0.3, -0.25) is 14.9 Å². The van der Waals surface area contributed by atoms with Crippen LogP contribution in [0.5, 0.6) is 5.75 Å². The van der Waals surface area contributed by atoms with Gasteiger partial charge in [0.25, 0.3) is 0 Å². The fourth-order valence-corrected chi connectivity index (χ4v) is 4.80. The van der Waals surface area contributed by atoms with Crippen molar-refractivity contribution in [1.29, 1.82) is 0 Å². The Hall–Kier alpha value is -3.74. The Morgan fingerprint density at radius 2 is 1.80 bits per heavy atom. The zero-order chi connectivity index (χ0) is 23.5. The maximum absolute atomic E-state index is 6.02. The summed E-state index contributed by atoms with van der Waals surface area (Å²) in [6.45, 7) is 5.50. The molecule has 3 aromatic heterocycles. The molecule has 1 aliphatic rings. The van der Waals surface area contributed by atoms with Crippen molar-refractivity contribution in [2.45, 2.75) is 6.42 Å². The number of H-pyrrole nitrogens is 1. The zero-order valence-electron chi connectivity index (χ0n) is 19.6. The lowest BCUT2D eigenvalue weighted by molar-refractivity contribution is 0.0358. The first-order valence-electron chi connectivity index (χ1n) is 12.2. The van der Waals surface area contributed by atoms with Crippen LogP contribution in [0.1, 0.15) is 6.42 Å². The molecule has 1 saturated heterocycles. The van der Waals surface area contributed by atoms with Crippen LogP contribution in [0, 0.1) is 0 Å². The van der Waals surface area contributed by atoms with Gasteiger partial charge >= 0.3 is 0 Å². The monoisotopic (exact) mass is 464 g/mol. The molecule has 4 heterocycles. The van der Waals surface area contributed by atoms with E-state index in [9.17, 15) is 0 Å². The normalized spacial score (nSPS) is 14.5. The van der Waals surface area contributed by atoms with Crippen LogP contribution in [0.15, 0.2) is 79.3 Å². The molecule has 0 atom stereocenters. The van der Waals surface area contributed by atoms with E-state index >= 15 is 0 Å². The van der Waals surface area contributed by atoms with Crippen molar-refractivity contribution in [2.75, 3.05) is 39.5 Å². The van der Waals surface area contributed by atoms with Gasteiger partial charge in [0.05, 0.1) is 37.2 Å². The van der Waals surface area contributed by atoms with Gasteiger partial charge in [0.2, 0.25) is 0 Å². The van der Waals surface area contributed by atoms with E-state index in [-0.39, 0.29) is 0 Å². The number of aromatic amines is 1. The van der Waals surface area contributed by atoms with Gasteiger partial charge < -0.3 is 14.5 Å². The van der Waals surface area contributed by atoms with Gasteiger partial charge in [-0.25, -0.2) is 0 Å². The maximum atomic E-state index is 6.02. The van der Waals surface area contributed by atoms with E-state index in [2.05, 4.69) is 68.4 Å². The van der Waals surface area contributed by atoms with Crippen LogP contribution in [0.3, 0.4) is 0 Å². The summed E-state index contributed by atoms with van der Waals surface area (Å²) in [6, 6.07) is 21.0. The van der Waals surface area contributed by atoms with Crippen molar-refractivity contribution >= 4 is 21.8 Å². The van der Waals surface area contributed by atoms with E-state index in [1.807, 2.05) is 24.5 Å². The van der Waals surface area contributed by atoms with Gasteiger partial charge in [-0.05, 0) is 53.9 Å². The van der Waals surface area contributed by atoms with Crippen LogP contribution in [-0.4, -0.2) is 59.3 Å². The van der Waals surface area contributed by atoms with Crippen molar-refractivity contribution < 1.29 is 9.47 Å². The fraction of sp³-hybridized carbons (Fsp3) is 0.241. The highest BCUT2D eigenvalue weighted by atomic mass is 16.5. The third-order valence-electron chi connectivity index (χ3n) is 6.62. The summed E-state index contributed by atoms with van der Waals surface area (Å²) in [6.07, 6.45) is 6.56. The Balaban J connectivity index is 1.23. The largest absolute Gasteiger partial charge is 0.494 e. The van der Waals surface area contributed by atoms with Crippen LogP contribution in [-0.2, 0) is 4.74 Å². The van der Waals surface area contributed by atoms with Crippen LogP contribution < -0.4 is 4.74 Å². The molecule has 0 aliphatic carbocycles. The molecule has 1 aliphatic heterocycles. The first kappa shape index (κ1) is 21.8. The molecule has 5 aromatic rings. The molecule has 1 N–H and O–H groups in total. The van der Waals surface area contributed by atoms with Crippen LogP contribution in [0.4, 0.5) is 0 Å².